The number of carbonyl (C=O) groups excluding carboxylic acids is 1. The highest BCUT2D eigenvalue weighted by molar-refractivity contribution is 6.10. The van der Waals surface area contributed by atoms with Crippen molar-refractivity contribution in [3.05, 3.63) is 52.8 Å². The Bertz CT molecular complexity index is 685. The lowest BCUT2D eigenvalue weighted by molar-refractivity contribution is 0.103. The summed E-state index contributed by atoms with van der Waals surface area (Å²) in [6, 6.07) is 7.55. The van der Waals surface area contributed by atoms with Crippen molar-refractivity contribution in [2.45, 2.75) is 52.9 Å². The quantitative estimate of drug-likeness (QED) is 0.467. The van der Waals surface area contributed by atoms with Crippen LogP contribution in [-0.4, -0.2) is 17.0 Å². The molecule has 0 aliphatic rings. The molecule has 1 aromatic heterocycles. The molecule has 0 atom stereocenters. The van der Waals surface area contributed by atoms with Crippen LogP contribution < -0.4 is 4.74 Å². The van der Waals surface area contributed by atoms with Gasteiger partial charge >= 0.3 is 0 Å². The molecule has 0 radical (unpaired) electrons. The van der Waals surface area contributed by atoms with E-state index < -0.39 is 0 Å². The van der Waals surface area contributed by atoms with E-state index in [9.17, 15) is 4.79 Å². The second kappa shape index (κ2) is 8.72. The van der Waals surface area contributed by atoms with Crippen LogP contribution in [0.5, 0.6) is 5.75 Å². The highest BCUT2D eigenvalue weighted by atomic mass is 16.5. The molecule has 0 unspecified atom stereocenters. The van der Waals surface area contributed by atoms with Crippen molar-refractivity contribution in [3.8, 4) is 5.75 Å². The van der Waals surface area contributed by atoms with Crippen LogP contribution >= 0.6 is 0 Å². The number of aromatic nitrogens is 1. The van der Waals surface area contributed by atoms with Crippen LogP contribution in [0.1, 0.15) is 66.2 Å². The first kappa shape index (κ1) is 18.3. The van der Waals surface area contributed by atoms with Gasteiger partial charge in [0, 0.05) is 30.1 Å². The number of benzene rings is 1. The van der Waals surface area contributed by atoms with E-state index in [2.05, 4.69) is 6.92 Å². The normalized spacial score (nSPS) is 10.8. The van der Waals surface area contributed by atoms with Crippen LogP contribution in [0.2, 0.25) is 0 Å². The maximum absolute atomic E-state index is 12.8. The number of carbonyl (C=O) groups is 1. The first-order chi connectivity index (χ1) is 11.5. The van der Waals surface area contributed by atoms with Crippen molar-refractivity contribution in [2.75, 3.05) is 6.61 Å². The van der Waals surface area contributed by atoms with Gasteiger partial charge in [-0.25, -0.2) is 0 Å². The summed E-state index contributed by atoms with van der Waals surface area (Å²) in [6.45, 7) is 6.90. The van der Waals surface area contributed by atoms with E-state index in [0.29, 0.717) is 12.2 Å². The number of aryl methyl sites for hydroxylation is 2. The van der Waals surface area contributed by atoms with Crippen molar-refractivity contribution in [2.24, 2.45) is 7.05 Å². The van der Waals surface area contributed by atoms with Gasteiger partial charge in [-0.05, 0) is 38.0 Å². The number of unbranched alkanes of at least 4 members (excludes halogenated alkanes) is 4. The average molecular weight is 327 g/mol. The third-order valence-electron chi connectivity index (χ3n) is 4.51. The molecular formula is C21H29NO2. The van der Waals surface area contributed by atoms with Crippen molar-refractivity contribution in [1.82, 2.24) is 4.57 Å². The standard InChI is InChI=1S/C21H29NO2/c1-5-6-7-8-9-13-24-19-12-10-11-18(14-19)21(23)20-16(2)15-22(4)17(20)3/h10-12,14-15H,5-9,13H2,1-4H3. The van der Waals surface area contributed by atoms with Gasteiger partial charge in [-0.1, -0.05) is 44.7 Å². The molecular weight excluding hydrogens is 298 g/mol. The molecule has 3 nitrogen and oxygen atoms in total. The van der Waals surface area contributed by atoms with Crippen molar-refractivity contribution < 1.29 is 9.53 Å². The summed E-state index contributed by atoms with van der Waals surface area (Å²) in [4.78, 5) is 12.8. The van der Waals surface area contributed by atoms with E-state index in [1.54, 1.807) is 0 Å². The molecule has 24 heavy (non-hydrogen) atoms. The zero-order chi connectivity index (χ0) is 17.5. The summed E-state index contributed by atoms with van der Waals surface area (Å²) < 4.78 is 7.82. The minimum Gasteiger partial charge on any atom is -0.494 e. The van der Waals surface area contributed by atoms with Crippen LogP contribution in [0, 0.1) is 13.8 Å². The smallest absolute Gasteiger partial charge is 0.195 e. The summed E-state index contributed by atoms with van der Waals surface area (Å²) >= 11 is 0. The van der Waals surface area contributed by atoms with Gasteiger partial charge in [0.2, 0.25) is 0 Å². The van der Waals surface area contributed by atoms with Gasteiger partial charge in [-0.15, -0.1) is 0 Å². The Balaban J connectivity index is 2.00. The lowest BCUT2D eigenvalue weighted by atomic mass is 10.0. The molecule has 0 N–H and O–H groups in total. The molecule has 1 heterocycles. The molecule has 0 aliphatic carbocycles. The third-order valence-corrected chi connectivity index (χ3v) is 4.51. The van der Waals surface area contributed by atoms with E-state index >= 15 is 0 Å². The first-order valence-corrected chi connectivity index (χ1v) is 8.94. The Kier molecular flexibility index (Phi) is 6.65. The van der Waals surface area contributed by atoms with E-state index in [1.807, 2.05) is 55.9 Å². The molecule has 3 heteroatoms. The van der Waals surface area contributed by atoms with Crippen molar-refractivity contribution >= 4 is 5.78 Å². The van der Waals surface area contributed by atoms with E-state index in [4.69, 9.17) is 4.74 Å². The maximum Gasteiger partial charge on any atom is 0.195 e. The van der Waals surface area contributed by atoms with Gasteiger partial charge in [0.25, 0.3) is 0 Å². The van der Waals surface area contributed by atoms with Crippen LogP contribution in [-0.2, 0) is 7.05 Å². The van der Waals surface area contributed by atoms with E-state index in [-0.39, 0.29) is 5.78 Å². The monoisotopic (exact) mass is 327 g/mol. The maximum atomic E-state index is 12.8. The Morgan fingerprint density at radius 1 is 1.12 bits per heavy atom. The molecule has 1 aromatic carbocycles. The summed E-state index contributed by atoms with van der Waals surface area (Å²) in [5.41, 5.74) is 3.51. The Labute approximate surface area is 145 Å². The number of rotatable bonds is 9. The molecule has 0 spiro atoms. The van der Waals surface area contributed by atoms with Crippen LogP contribution in [0.3, 0.4) is 0 Å². The molecule has 130 valence electrons. The number of hydrogen-bond acceptors (Lipinski definition) is 2. The predicted molar refractivity (Wildman–Crippen MR) is 99.0 cm³/mol. The number of nitrogens with zero attached hydrogens (tertiary/aromatic N) is 1. The summed E-state index contributed by atoms with van der Waals surface area (Å²) in [5.74, 6) is 0.849. The number of ketones is 1. The molecule has 0 amide bonds. The zero-order valence-corrected chi connectivity index (χ0v) is 15.4. The second-order valence-corrected chi connectivity index (χ2v) is 6.50. The molecule has 2 aromatic rings. The summed E-state index contributed by atoms with van der Waals surface area (Å²) in [5, 5.41) is 0. The van der Waals surface area contributed by atoms with Crippen LogP contribution in [0.15, 0.2) is 30.5 Å². The summed E-state index contributed by atoms with van der Waals surface area (Å²) in [7, 11) is 1.97. The molecule has 0 fully saturated rings. The van der Waals surface area contributed by atoms with Gasteiger partial charge in [-0.2, -0.15) is 0 Å². The van der Waals surface area contributed by atoms with Crippen molar-refractivity contribution in [1.29, 1.82) is 0 Å². The average Bonchev–Trinajstić information content (AvgIpc) is 2.83. The number of hydrogen-bond donors (Lipinski definition) is 0. The van der Waals surface area contributed by atoms with E-state index in [0.717, 1.165) is 29.0 Å². The minimum atomic E-state index is 0.0685. The Hall–Kier alpha value is -2.03. The van der Waals surface area contributed by atoms with Gasteiger partial charge in [0.15, 0.2) is 5.78 Å². The van der Waals surface area contributed by atoms with Gasteiger partial charge in [-0.3, -0.25) is 4.79 Å². The predicted octanol–water partition coefficient (Wildman–Crippen LogP) is 5.22. The minimum absolute atomic E-state index is 0.0685. The first-order valence-electron chi connectivity index (χ1n) is 8.94. The summed E-state index contributed by atoms with van der Waals surface area (Å²) in [6.07, 6.45) is 8.08. The highest BCUT2D eigenvalue weighted by Crippen LogP contribution is 2.22. The van der Waals surface area contributed by atoms with Crippen LogP contribution in [0.25, 0.3) is 0 Å². The zero-order valence-electron chi connectivity index (χ0n) is 15.4. The van der Waals surface area contributed by atoms with Gasteiger partial charge < -0.3 is 9.30 Å². The fourth-order valence-electron chi connectivity index (χ4n) is 3.02. The van der Waals surface area contributed by atoms with Crippen LogP contribution in [0.4, 0.5) is 0 Å². The fraction of sp³-hybridized carbons (Fsp3) is 0.476. The Morgan fingerprint density at radius 2 is 1.88 bits per heavy atom. The lowest BCUT2D eigenvalue weighted by Crippen LogP contribution is -2.05. The highest BCUT2D eigenvalue weighted by Gasteiger charge is 2.17. The number of ether oxygens (including phenoxy) is 1. The molecule has 0 bridgehead atoms. The van der Waals surface area contributed by atoms with Gasteiger partial charge in [0.1, 0.15) is 5.75 Å². The molecule has 0 saturated heterocycles. The van der Waals surface area contributed by atoms with E-state index in [1.165, 1.54) is 25.7 Å². The van der Waals surface area contributed by atoms with Gasteiger partial charge in [0.05, 0.1) is 6.61 Å². The third kappa shape index (κ3) is 4.50. The van der Waals surface area contributed by atoms with Crippen molar-refractivity contribution in [3.63, 3.8) is 0 Å². The SMILES string of the molecule is CCCCCCCOc1cccc(C(=O)c2c(C)cn(C)c2C)c1. The molecule has 0 saturated carbocycles. The second-order valence-electron chi connectivity index (χ2n) is 6.50. The Morgan fingerprint density at radius 3 is 2.54 bits per heavy atom. The molecule has 2 rings (SSSR count). The largest absolute Gasteiger partial charge is 0.494 e. The fourth-order valence-corrected chi connectivity index (χ4v) is 3.02. The molecule has 0 aliphatic heterocycles. The topological polar surface area (TPSA) is 31.2 Å². The lowest BCUT2D eigenvalue weighted by Gasteiger charge is -2.08.